The molecular formula is C18H27ClN4O4S. The van der Waals surface area contributed by atoms with Crippen LogP contribution in [0.1, 0.15) is 36.9 Å². The molecule has 2 saturated heterocycles. The van der Waals surface area contributed by atoms with Crippen molar-refractivity contribution in [3.63, 3.8) is 0 Å². The van der Waals surface area contributed by atoms with Gasteiger partial charge in [-0.2, -0.15) is 0 Å². The molecule has 4 rings (SSSR count). The minimum absolute atomic E-state index is 0. The van der Waals surface area contributed by atoms with Gasteiger partial charge in [-0.25, -0.2) is 13.6 Å². The summed E-state index contributed by atoms with van der Waals surface area (Å²) in [6.07, 6.45) is 2.16. The Morgan fingerprint density at radius 3 is 2.61 bits per heavy atom. The minimum atomic E-state index is -3.50. The normalized spacial score (nSPS) is 27.6. The topological polar surface area (TPSA) is 114 Å². The first kappa shape index (κ1) is 21.3. The van der Waals surface area contributed by atoms with Crippen LogP contribution in [-0.4, -0.2) is 55.7 Å². The zero-order chi connectivity index (χ0) is 19.2. The molecule has 3 aliphatic rings. The number of aromatic nitrogens is 1. The van der Waals surface area contributed by atoms with Crippen LogP contribution in [0.5, 0.6) is 0 Å². The molecule has 3 aliphatic heterocycles. The Hall–Kier alpha value is -1.42. The van der Waals surface area contributed by atoms with Crippen LogP contribution < -0.4 is 16.0 Å². The molecule has 4 heterocycles. The van der Waals surface area contributed by atoms with Crippen molar-refractivity contribution in [2.75, 3.05) is 31.9 Å². The highest BCUT2D eigenvalue weighted by Gasteiger charge is 2.43. The van der Waals surface area contributed by atoms with E-state index in [1.54, 1.807) is 15.5 Å². The number of halogens is 1. The quantitative estimate of drug-likeness (QED) is 0.702. The summed E-state index contributed by atoms with van der Waals surface area (Å²) in [7, 11) is -3.50. The molecule has 1 aromatic heterocycles. The van der Waals surface area contributed by atoms with Gasteiger partial charge in [-0.15, -0.1) is 12.4 Å². The maximum atomic E-state index is 13.4. The van der Waals surface area contributed by atoms with Crippen molar-refractivity contribution in [1.29, 1.82) is 0 Å². The van der Waals surface area contributed by atoms with Crippen molar-refractivity contribution in [3.05, 3.63) is 34.2 Å². The number of hydrogen-bond donors (Lipinski definition) is 2. The molecule has 3 N–H and O–H groups in total. The molecule has 28 heavy (non-hydrogen) atoms. The lowest BCUT2D eigenvalue weighted by atomic mass is 9.78. The summed E-state index contributed by atoms with van der Waals surface area (Å²) in [6, 6.07) is 4.76. The first-order valence-corrected chi connectivity index (χ1v) is 11.3. The van der Waals surface area contributed by atoms with Crippen LogP contribution in [0.25, 0.3) is 0 Å². The fourth-order valence-electron chi connectivity index (χ4n) is 4.95. The Bertz CT molecular complexity index is 895. The molecule has 0 aromatic carbocycles. The maximum absolute atomic E-state index is 13.4. The van der Waals surface area contributed by atoms with E-state index in [0.717, 1.165) is 25.2 Å². The standard InChI is InChI=1S/C18H26N4O4S.ClH/c19-27(25,26)11-12-4-6-21(7-5-12)18(24)17-14-8-13(9-20-10-14)15-2-1-3-16(23)22(15)17;/h1-3,12-14,17,20H,4-11H2,(H2,19,25,26);1H/t13-,14+,17-;/m1./s1. The number of carbonyl (C=O) groups is 1. The third-order valence-electron chi connectivity index (χ3n) is 6.20. The van der Waals surface area contributed by atoms with Gasteiger partial charge in [0.25, 0.3) is 5.56 Å². The number of nitrogens with one attached hydrogen (secondary N) is 1. The Kier molecular flexibility index (Phi) is 6.19. The second-order valence-corrected chi connectivity index (χ2v) is 9.71. The third kappa shape index (κ3) is 4.12. The van der Waals surface area contributed by atoms with Crippen LogP contribution in [0, 0.1) is 11.8 Å². The molecule has 1 aromatic rings. The van der Waals surface area contributed by atoms with E-state index in [1.165, 1.54) is 6.07 Å². The molecule has 0 saturated carbocycles. The van der Waals surface area contributed by atoms with Crippen LogP contribution in [0.4, 0.5) is 0 Å². The first-order chi connectivity index (χ1) is 12.8. The molecule has 156 valence electrons. The van der Waals surface area contributed by atoms with Gasteiger partial charge in [0.15, 0.2) is 0 Å². The summed E-state index contributed by atoms with van der Waals surface area (Å²) in [5, 5.41) is 8.55. The predicted molar refractivity (Wildman–Crippen MR) is 108 cm³/mol. The number of sulfonamides is 1. The number of rotatable bonds is 3. The lowest BCUT2D eigenvalue weighted by molar-refractivity contribution is -0.139. The van der Waals surface area contributed by atoms with Gasteiger partial charge in [0, 0.05) is 49.8 Å². The molecule has 0 aliphatic carbocycles. The number of nitrogens with zero attached hydrogens (tertiary/aromatic N) is 2. The van der Waals surface area contributed by atoms with E-state index in [2.05, 4.69) is 5.32 Å². The predicted octanol–water partition coefficient (Wildman–Crippen LogP) is 0.0450. The van der Waals surface area contributed by atoms with Crippen LogP contribution in [0.2, 0.25) is 0 Å². The number of likely N-dealkylation sites (tertiary alicyclic amines) is 1. The van der Waals surface area contributed by atoms with Crippen LogP contribution in [0.15, 0.2) is 23.0 Å². The Labute approximate surface area is 170 Å². The van der Waals surface area contributed by atoms with Crippen LogP contribution in [-0.2, 0) is 14.8 Å². The summed E-state index contributed by atoms with van der Waals surface area (Å²) in [4.78, 5) is 27.7. The van der Waals surface area contributed by atoms with Gasteiger partial charge in [-0.05, 0) is 31.2 Å². The number of nitrogens with two attached hydrogens (primary N) is 1. The van der Waals surface area contributed by atoms with Gasteiger partial charge < -0.3 is 10.2 Å². The molecule has 3 atom stereocenters. The van der Waals surface area contributed by atoms with Crippen molar-refractivity contribution in [1.82, 2.24) is 14.8 Å². The van der Waals surface area contributed by atoms with E-state index in [4.69, 9.17) is 5.14 Å². The van der Waals surface area contributed by atoms with E-state index in [-0.39, 0.29) is 47.4 Å². The van der Waals surface area contributed by atoms with Crippen molar-refractivity contribution in [3.8, 4) is 0 Å². The Morgan fingerprint density at radius 1 is 1.21 bits per heavy atom. The van der Waals surface area contributed by atoms with Crippen molar-refractivity contribution < 1.29 is 13.2 Å². The molecule has 2 bridgehead atoms. The zero-order valence-electron chi connectivity index (χ0n) is 15.6. The van der Waals surface area contributed by atoms with Gasteiger partial charge in [0.2, 0.25) is 15.9 Å². The molecule has 0 spiro atoms. The second kappa shape index (κ2) is 8.14. The van der Waals surface area contributed by atoms with Crippen molar-refractivity contribution >= 4 is 28.3 Å². The van der Waals surface area contributed by atoms with Gasteiger partial charge in [0.05, 0.1) is 5.75 Å². The molecule has 1 amide bonds. The third-order valence-corrected chi connectivity index (χ3v) is 7.13. The first-order valence-electron chi connectivity index (χ1n) is 9.55. The van der Waals surface area contributed by atoms with Crippen molar-refractivity contribution in [2.24, 2.45) is 17.0 Å². The Balaban J connectivity index is 0.00000225. The number of piperidine rings is 2. The summed E-state index contributed by atoms with van der Waals surface area (Å²) in [5.74, 6) is 0.305. The molecule has 8 nitrogen and oxygen atoms in total. The average Bonchev–Trinajstić information content (AvgIpc) is 2.62. The highest BCUT2D eigenvalue weighted by molar-refractivity contribution is 7.89. The lowest BCUT2D eigenvalue weighted by Crippen LogP contribution is -2.54. The SMILES string of the molecule is Cl.NS(=O)(=O)CC1CCN(C(=O)[C@H]2[C@@H]3CNC[C@@H](C3)c3cccc(=O)n32)CC1. The number of pyridine rings is 1. The van der Waals surface area contributed by atoms with Crippen LogP contribution >= 0.6 is 12.4 Å². The summed E-state index contributed by atoms with van der Waals surface area (Å²) < 4.78 is 24.3. The van der Waals surface area contributed by atoms with Gasteiger partial charge in [-0.1, -0.05) is 6.07 Å². The smallest absolute Gasteiger partial charge is 0.251 e. The van der Waals surface area contributed by atoms with E-state index < -0.39 is 16.1 Å². The average molecular weight is 431 g/mol. The molecule has 2 fully saturated rings. The fourth-order valence-corrected chi connectivity index (χ4v) is 5.94. The molecule has 0 unspecified atom stereocenters. The minimum Gasteiger partial charge on any atom is -0.341 e. The number of primary sulfonamides is 1. The monoisotopic (exact) mass is 430 g/mol. The molecule has 0 radical (unpaired) electrons. The van der Waals surface area contributed by atoms with Gasteiger partial charge in [-0.3, -0.25) is 14.2 Å². The molecule has 10 heteroatoms. The number of fused-ring (bicyclic) bond motifs is 4. The van der Waals surface area contributed by atoms with Crippen LogP contribution in [0.3, 0.4) is 0 Å². The number of amides is 1. The second-order valence-electron chi connectivity index (χ2n) is 8.05. The maximum Gasteiger partial charge on any atom is 0.251 e. The van der Waals surface area contributed by atoms with E-state index in [0.29, 0.717) is 25.9 Å². The van der Waals surface area contributed by atoms with Crippen molar-refractivity contribution in [2.45, 2.75) is 31.2 Å². The summed E-state index contributed by atoms with van der Waals surface area (Å²) in [6.45, 7) is 2.58. The largest absolute Gasteiger partial charge is 0.341 e. The zero-order valence-corrected chi connectivity index (χ0v) is 17.3. The van der Waals surface area contributed by atoms with E-state index in [9.17, 15) is 18.0 Å². The Morgan fingerprint density at radius 2 is 1.93 bits per heavy atom. The fraction of sp³-hybridized carbons (Fsp3) is 0.667. The molecular weight excluding hydrogens is 404 g/mol. The number of hydrogen-bond acceptors (Lipinski definition) is 5. The van der Waals surface area contributed by atoms with E-state index >= 15 is 0 Å². The highest BCUT2D eigenvalue weighted by atomic mass is 35.5. The number of carbonyl (C=O) groups excluding carboxylic acids is 1. The van der Waals surface area contributed by atoms with Gasteiger partial charge >= 0.3 is 0 Å². The summed E-state index contributed by atoms with van der Waals surface area (Å²) >= 11 is 0. The van der Waals surface area contributed by atoms with E-state index in [1.807, 2.05) is 6.07 Å². The van der Waals surface area contributed by atoms with Gasteiger partial charge in [0.1, 0.15) is 6.04 Å². The lowest BCUT2D eigenvalue weighted by Gasteiger charge is -2.44. The highest BCUT2D eigenvalue weighted by Crippen LogP contribution is 2.39. The summed E-state index contributed by atoms with van der Waals surface area (Å²) in [5.41, 5.74) is 0.819.